The van der Waals surface area contributed by atoms with Crippen LogP contribution in [0.4, 0.5) is 0 Å². The molecule has 5 nitrogen and oxygen atoms in total. The molecule has 0 aliphatic heterocycles. The molecule has 0 aliphatic carbocycles. The standard InChI is InChI=1S/C8H13N3O2/c1-3-9-7(12)6(2)11-5-4-10-8(11)13/h4-6H,3H2,1-2H3,(H,9,12)(H,10,13). The highest BCUT2D eigenvalue weighted by atomic mass is 16.2. The molecule has 1 aromatic rings. The second-order valence-corrected chi connectivity index (χ2v) is 2.74. The van der Waals surface area contributed by atoms with Crippen LogP contribution in [0.15, 0.2) is 17.2 Å². The van der Waals surface area contributed by atoms with Gasteiger partial charge < -0.3 is 10.3 Å². The maximum atomic E-state index is 11.3. The van der Waals surface area contributed by atoms with Crippen LogP contribution in [0.5, 0.6) is 0 Å². The predicted molar refractivity (Wildman–Crippen MR) is 48.4 cm³/mol. The van der Waals surface area contributed by atoms with Crippen molar-refractivity contribution in [2.75, 3.05) is 6.54 Å². The van der Waals surface area contributed by atoms with Gasteiger partial charge in [-0.2, -0.15) is 0 Å². The number of imidazole rings is 1. The van der Waals surface area contributed by atoms with Gasteiger partial charge in [-0.15, -0.1) is 0 Å². The molecular weight excluding hydrogens is 170 g/mol. The smallest absolute Gasteiger partial charge is 0.326 e. The van der Waals surface area contributed by atoms with Gasteiger partial charge in [0.25, 0.3) is 0 Å². The lowest BCUT2D eigenvalue weighted by molar-refractivity contribution is -0.123. The van der Waals surface area contributed by atoms with E-state index in [0.29, 0.717) is 6.54 Å². The summed E-state index contributed by atoms with van der Waals surface area (Å²) in [5, 5.41) is 2.65. The number of aromatic amines is 1. The van der Waals surface area contributed by atoms with Crippen LogP contribution in [0.3, 0.4) is 0 Å². The van der Waals surface area contributed by atoms with Crippen molar-refractivity contribution in [1.82, 2.24) is 14.9 Å². The van der Waals surface area contributed by atoms with Crippen molar-refractivity contribution in [3.05, 3.63) is 22.9 Å². The first kappa shape index (κ1) is 9.57. The summed E-state index contributed by atoms with van der Waals surface area (Å²) in [7, 11) is 0. The first-order valence-electron chi connectivity index (χ1n) is 4.20. The van der Waals surface area contributed by atoms with Crippen molar-refractivity contribution in [3.63, 3.8) is 0 Å². The van der Waals surface area contributed by atoms with Crippen molar-refractivity contribution < 1.29 is 4.79 Å². The Morgan fingerprint density at radius 2 is 2.46 bits per heavy atom. The Labute approximate surface area is 75.8 Å². The number of nitrogens with zero attached hydrogens (tertiary/aromatic N) is 1. The number of hydrogen-bond donors (Lipinski definition) is 2. The van der Waals surface area contributed by atoms with Crippen LogP contribution in [0.1, 0.15) is 19.9 Å². The second kappa shape index (κ2) is 3.93. The van der Waals surface area contributed by atoms with Gasteiger partial charge in [0.2, 0.25) is 5.91 Å². The maximum Gasteiger partial charge on any atom is 0.326 e. The summed E-state index contributed by atoms with van der Waals surface area (Å²) in [6.45, 7) is 4.09. The molecule has 0 radical (unpaired) electrons. The molecule has 72 valence electrons. The molecule has 0 fully saturated rings. The fourth-order valence-corrected chi connectivity index (χ4v) is 1.08. The Morgan fingerprint density at radius 1 is 1.77 bits per heavy atom. The minimum Gasteiger partial charge on any atom is -0.355 e. The van der Waals surface area contributed by atoms with Gasteiger partial charge in [-0.1, -0.05) is 0 Å². The molecule has 1 heterocycles. The Hall–Kier alpha value is -1.52. The van der Waals surface area contributed by atoms with Crippen LogP contribution in [0.2, 0.25) is 0 Å². The SMILES string of the molecule is CCNC(=O)C(C)n1cc[nH]c1=O. The van der Waals surface area contributed by atoms with E-state index < -0.39 is 6.04 Å². The summed E-state index contributed by atoms with van der Waals surface area (Å²) in [6.07, 6.45) is 3.07. The lowest BCUT2D eigenvalue weighted by atomic mass is 10.3. The largest absolute Gasteiger partial charge is 0.355 e. The van der Waals surface area contributed by atoms with Crippen molar-refractivity contribution in [1.29, 1.82) is 0 Å². The number of rotatable bonds is 3. The Morgan fingerprint density at radius 3 is 2.92 bits per heavy atom. The van der Waals surface area contributed by atoms with E-state index in [9.17, 15) is 9.59 Å². The third-order valence-electron chi connectivity index (χ3n) is 1.82. The van der Waals surface area contributed by atoms with Crippen LogP contribution in [-0.4, -0.2) is 22.0 Å². The molecule has 2 N–H and O–H groups in total. The normalized spacial score (nSPS) is 12.5. The molecule has 0 saturated carbocycles. The molecule has 13 heavy (non-hydrogen) atoms. The summed E-state index contributed by atoms with van der Waals surface area (Å²) in [5.74, 6) is -0.149. The van der Waals surface area contributed by atoms with E-state index in [1.165, 1.54) is 10.8 Å². The Bertz CT molecular complexity index is 339. The molecular formula is C8H13N3O2. The molecule has 1 aromatic heterocycles. The molecule has 1 amide bonds. The second-order valence-electron chi connectivity index (χ2n) is 2.74. The highest BCUT2D eigenvalue weighted by molar-refractivity contribution is 5.79. The molecule has 1 rings (SSSR count). The van der Waals surface area contributed by atoms with Gasteiger partial charge in [0, 0.05) is 18.9 Å². The van der Waals surface area contributed by atoms with Gasteiger partial charge in [0.1, 0.15) is 6.04 Å². The van der Waals surface area contributed by atoms with Crippen LogP contribution in [0, 0.1) is 0 Å². The zero-order valence-electron chi connectivity index (χ0n) is 7.70. The quantitative estimate of drug-likeness (QED) is 0.685. The monoisotopic (exact) mass is 183 g/mol. The van der Waals surface area contributed by atoms with Crippen molar-refractivity contribution in [2.45, 2.75) is 19.9 Å². The van der Waals surface area contributed by atoms with Gasteiger partial charge in [-0.25, -0.2) is 4.79 Å². The maximum absolute atomic E-state index is 11.3. The number of hydrogen-bond acceptors (Lipinski definition) is 2. The van der Waals surface area contributed by atoms with Gasteiger partial charge in [0.05, 0.1) is 0 Å². The number of nitrogens with one attached hydrogen (secondary N) is 2. The molecule has 0 saturated heterocycles. The molecule has 1 unspecified atom stereocenters. The van der Waals surface area contributed by atoms with E-state index in [1.807, 2.05) is 6.92 Å². The van der Waals surface area contributed by atoms with Gasteiger partial charge in [-0.05, 0) is 13.8 Å². The minimum atomic E-state index is -0.460. The summed E-state index contributed by atoms with van der Waals surface area (Å²) >= 11 is 0. The van der Waals surface area contributed by atoms with E-state index >= 15 is 0 Å². The predicted octanol–water partition coefficient (Wildman–Crippen LogP) is -0.127. The Kier molecular flexibility index (Phi) is 2.89. The van der Waals surface area contributed by atoms with Crippen molar-refractivity contribution >= 4 is 5.91 Å². The van der Waals surface area contributed by atoms with Crippen LogP contribution >= 0.6 is 0 Å². The first-order chi connectivity index (χ1) is 6.16. The highest BCUT2D eigenvalue weighted by Crippen LogP contribution is 2.00. The first-order valence-corrected chi connectivity index (χ1v) is 4.20. The van der Waals surface area contributed by atoms with Crippen molar-refractivity contribution in [2.24, 2.45) is 0 Å². The molecule has 5 heteroatoms. The minimum absolute atomic E-state index is 0.149. The van der Waals surface area contributed by atoms with Crippen LogP contribution in [-0.2, 0) is 4.79 Å². The highest BCUT2D eigenvalue weighted by Gasteiger charge is 2.14. The van der Waals surface area contributed by atoms with Gasteiger partial charge in [0.15, 0.2) is 0 Å². The zero-order valence-corrected chi connectivity index (χ0v) is 7.70. The average molecular weight is 183 g/mol. The average Bonchev–Trinajstić information content (AvgIpc) is 2.50. The topological polar surface area (TPSA) is 66.9 Å². The van der Waals surface area contributed by atoms with Gasteiger partial charge >= 0.3 is 5.69 Å². The summed E-state index contributed by atoms with van der Waals surface area (Å²) in [6, 6.07) is -0.460. The number of likely N-dealkylation sites (N-methyl/N-ethyl adjacent to an activating group) is 1. The molecule has 0 bridgehead atoms. The molecule has 0 aromatic carbocycles. The summed E-state index contributed by atoms with van der Waals surface area (Å²) in [5.41, 5.74) is -0.265. The molecule has 0 aliphatic rings. The van der Waals surface area contributed by atoms with Gasteiger partial charge in [-0.3, -0.25) is 9.36 Å². The van der Waals surface area contributed by atoms with Crippen LogP contribution < -0.4 is 11.0 Å². The van der Waals surface area contributed by atoms with Crippen LogP contribution in [0.25, 0.3) is 0 Å². The molecule has 0 spiro atoms. The number of aromatic nitrogens is 2. The summed E-state index contributed by atoms with van der Waals surface area (Å²) in [4.78, 5) is 24.9. The van der Waals surface area contributed by atoms with E-state index in [4.69, 9.17) is 0 Å². The number of carbonyl (C=O) groups excluding carboxylic acids is 1. The van der Waals surface area contributed by atoms with E-state index in [0.717, 1.165) is 0 Å². The van der Waals surface area contributed by atoms with E-state index in [2.05, 4.69) is 10.3 Å². The number of H-pyrrole nitrogens is 1. The summed E-state index contributed by atoms with van der Waals surface area (Å²) < 4.78 is 1.35. The molecule has 1 atom stereocenters. The number of carbonyl (C=O) groups is 1. The van der Waals surface area contributed by atoms with E-state index in [1.54, 1.807) is 13.1 Å². The fourth-order valence-electron chi connectivity index (χ4n) is 1.08. The fraction of sp³-hybridized carbons (Fsp3) is 0.500. The zero-order chi connectivity index (χ0) is 9.84. The Balaban J connectivity index is 2.79. The third kappa shape index (κ3) is 1.99. The lowest BCUT2D eigenvalue weighted by Gasteiger charge is -2.10. The van der Waals surface area contributed by atoms with Crippen molar-refractivity contribution in [3.8, 4) is 0 Å². The van der Waals surface area contributed by atoms with E-state index in [-0.39, 0.29) is 11.6 Å². The number of amides is 1. The third-order valence-corrected chi connectivity index (χ3v) is 1.82. The lowest BCUT2D eigenvalue weighted by Crippen LogP contribution is -2.34.